The molecule has 11 heteroatoms. The van der Waals surface area contributed by atoms with Crippen molar-refractivity contribution in [3.63, 3.8) is 0 Å². The Balaban J connectivity index is 1.20. The summed E-state index contributed by atoms with van der Waals surface area (Å²) in [5.41, 5.74) is 1.64. The molecule has 2 aromatic carbocycles. The van der Waals surface area contributed by atoms with Crippen molar-refractivity contribution in [3.05, 3.63) is 66.0 Å². The fourth-order valence-electron chi connectivity index (χ4n) is 3.47. The van der Waals surface area contributed by atoms with Gasteiger partial charge in [0.15, 0.2) is 0 Å². The molecule has 2 heterocycles. The van der Waals surface area contributed by atoms with E-state index in [1.807, 2.05) is 35.2 Å². The van der Waals surface area contributed by atoms with Gasteiger partial charge in [0, 0.05) is 31.9 Å². The van der Waals surface area contributed by atoms with Crippen molar-refractivity contribution in [3.8, 4) is 0 Å². The van der Waals surface area contributed by atoms with E-state index in [1.165, 1.54) is 36.0 Å². The minimum atomic E-state index is -0.348. The summed E-state index contributed by atoms with van der Waals surface area (Å²) in [6.07, 6.45) is 0. The molecule has 1 aliphatic heterocycles. The first kappa shape index (κ1) is 22.9. The SMILES string of the molecule is O=C(CN1CCN(C(=O)CSc2nnnn2Cc2ccccc2)CC1)Nc1ccc(F)cc1. The van der Waals surface area contributed by atoms with E-state index in [9.17, 15) is 14.0 Å². The second-order valence-electron chi connectivity index (χ2n) is 7.61. The highest BCUT2D eigenvalue weighted by Gasteiger charge is 2.23. The van der Waals surface area contributed by atoms with Crippen molar-refractivity contribution in [2.45, 2.75) is 11.7 Å². The van der Waals surface area contributed by atoms with Gasteiger partial charge in [-0.3, -0.25) is 14.5 Å². The van der Waals surface area contributed by atoms with Crippen LogP contribution in [0, 0.1) is 5.82 Å². The summed E-state index contributed by atoms with van der Waals surface area (Å²) in [4.78, 5) is 28.7. The molecule has 0 aliphatic carbocycles. The number of hydrogen-bond donors (Lipinski definition) is 1. The van der Waals surface area contributed by atoms with E-state index in [1.54, 1.807) is 9.58 Å². The molecule has 0 saturated carbocycles. The van der Waals surface area contributed by atoms with Crippen LogP contribution in [0.15, 0.2) is 59.8 Å². The zero-order valence-electron chi connectivity index (χ0n) is 17.9. The van der Waals surface area contributed by atoms with Crippen LogP contribution in [0.25, 0.3) is 0 Å². The van der Waals surface area contributed by atoms with Crippen molar-refractivity contribution in [2.24, 2.45) is 0 Å². The molecule has 33 heavy (non-hydrogen) atoms. The number of tetrazole rings is 1. The zero-order valence-corrected chi connectivity index (χ0v) is 18.7. The second-order valence-corrected chi connectivity index (χ2v) is 8.55. The Hall–Kier alpha value is -3.31. The van der Waals surface area contributed by atoms with E-state index in [0.29, 0.717) is 43.6 Å². The highest BCUT2D eigenvalue weighted by atomic mass is 32.2. The topological polar surface area (TPSA) is 96.2 Å². The molecule has 0 atom stereocenters. The van der Waals surface area contributed by atoms with E-state index in [0.717, 1.165) is 5.56 Å². The third-order valence-electron chi connectivity index (χ3n) is 5.22. The van der Waals surface area contributed by atoms with Gasteiger partial charge >= 0.3 is 0 Å². The molecule has 1 aromatic heterocycles. The van der Waals surface area contributed by atoms with Gasteiger partial charge in [0.2, 0.25) is 17.0 Å². The number of rotatable bonds is 8. The molecular weight excluding hydrogens is 445 g/mol. The smallest absolute Gasteiger partial charge is 0.238 e. The Morgan fingerprint density at radius 3 is 2.45 bits per heavy atom. The number of carbonyl (C=O) groups excluding carboxylic acids is 2. The maximum Gasteiger partial charge on any atom is 0.238 e. The molecule has 1 aliphatic rings. The number of amides is 2. The lowest BCUT2D eigenvalue weighted by Gasteiger charge is -2.34. The summed E-state index contributed by atoms with van der Waals surface area (Å²) in [6, 6.07) is 15.5. The molecule has 3 aromatic rings. The summed E-state index contributed by atoms with van der Waals surface area (Å²) in [5.74, 6) is -0.244. The molecule has 1 N–H and O–H groups in total. The molecule has 172 valence electrons. The molecule has 4 rings (SSSR count). The highest BCUT2D eigenvalue weighted by molar-refractivity contribution is 7.99. The minimum absolute atomic E-state index is 0.0182. The van der Waals surface area contributed by atoms with E-state index in [2.05, 4.69) is 20.8 Å². The van der Waals surface area contributed by atoms with Crippen molar-refractivity contribution in [2.75, 3.05) is 43.8 Å². The third-order valence-corrected chi connectivity index (χ3v) is 6.16. The monoisotopic (exact) mass is 469 g/mol. The fourth-order valence-corrected chi connectivity index (χ4v) is 4.24. The van der Waals surface area contributed by atoms with Gasteiger partial charge < -0.3 is 10.2 Å². The van der Waals surface area contributed by atoms with Crippen molar-refractivity contribution >= 4 is 29.3 Å². The van der Waals surface area contributed by atoms with Gasteiger partial charge in [-0.25, -0.2) is 9.07 Å². The largest absolute Gasteiger partial charge is 0.339 e. The lowest BCUT2D eigenvalue weighted by molar-refractivity contribution is -0.130. The number of carbonyl (C=O) groups is 2. The molecule has 1 saturated heterocycles. The van der Waals surface area contributed by atoms with E-state index >= 15 is 0 Å². The van der Waals surface area contributed by atoms with Crippen LogP contribution >= 0.6 is 11.8 Å². The Labute approximate surface area is 194 Å². The van der Waals surface area contributed by atoms with Crippen molar-refractivity contribution < 1.29 is 14.0 Å². The average Bonchev–Trinajstić information content (AvgIpc) is 3.27. The molecular formula is C22H24FN7O2S. The fraction of sp³-hybridized carbons (Fsp3) is 0.318. The van der Waals surface area contributed by atoms with E-state index < -0.39 is 0 Å². The Bertz CT molecular complexity index is 1070. The van der Waals surface area contributed by atoms with Crippen LogP contribution in [0.2, 0.25) is 0 Å². The van der Waals surface area contributed by atoms with Crippen LogP contribution in [-0.4, -0.2) is 80.3 Å². The highest BCUT2D eigenvalue weighted by Crippen LogP contribution is 2.16. The van der Waals surface area contributed by atoms with Gasteiger partial charge in [-0.2, -0.15) is 0 Å². The van der Waals surface area contributed by atoms with Gasteiger partial charge in [0.05, 0.1) is 18.8 Å². The summed E-state index contributed by atoms with van der Waals surface area (Å²) in [7, 11) is 0. The summed E-state index contributed by atoms with van der Waals surface area (Å²) >= 11 is 1.32. The predicted molar refractivity (Wildman–Crippen MR) is 122 cm³/mol. The molecule has 1 fully saturated rings. The Kier molecular flexibility index (Phi) is 7.63. The number of anilines is 1. The molecule has 0 unspecified atom stereocenters. The predicted octanol–water partition coefficient (Wildman–Crippen LogP) is 1.74. The van der Waals surface area contributed by atoms with Gasteiger partial charge in [-0.05, 0) is 40.3 Å². The number of nitrogens with zero attached hydrogens (tertiary/aromatic N) is 6. The summed E-state index contributed by atoms with van der Waals surface area (Å²) in [6.45, 7) is 3.10. The second kappa shape index (κ2) is 11.0. The van der Waals surface area contributed by atoms with Crippen molar-refractivity contribution in [1.82, 2.24) is 30.0 Å². The van der Waals surface area contributed by atoms with Gasteiger partial charge in [-0.1, -0.05) is 42.1 Å². The first-order valence-electron chi connectivity index (χ1n) is 10.6. The summed E-state index contributed by atoms with van der Waals surface area (Å²) < 4.78 is 14.7. The van der Waals surface area contributed by atoms with Crippen LogP contribution in [0.1, 0.15) is 5.56 Å². The number of benzene rings is 2. The first-order valence-corrected chi connectivity index (χ1v) is 11.5. The van der Waals surface area contributed by atoms with Gasteiger partial charge in [0.25, 0.3) is 0 Å². The first-order chi connectivity index (χ1) is 16.1. The Morgan fingerprint density at radius 2 is 1.73 bits per heavy atom. The van der Waals surface area contributed by atoms with Crippen LogP contribution in [0.5, 0.6) is 0 Å². The maximum absolute atomic E-state index is 13.0. The summed E-state index contributed by atoms with van der Waals surface area (Å²) in [5, 5.41) is 15.1. The molecule has 0 radical (unpaired) electrons. The number of halogens is 1. The number of nitrogens with one attached hydrogen (secondary N) is 1. The number of thioether (sulfide) groups is 1. The maximum atomic E-state index is 13.0. The number of hydrogen-bond acceptors (Lipinski definition) is 7. The Morgan fingerprint density at radius 1 is 1.00 bits per heavy atom. The van der Waals surface area contributed by atoms with Crippen LogP contribution in [0.4, 0.5) is 10.1 Å². The average molecular weight is 470 g/mol. The molecule has 9 nitrogen and oxygen atoms in total. The molecule has 0 bridgehead atoms. The molecule has 2 amide bonds. The van der Waals surface area contributed by atoms with Crippen LogP contribution in [-0.2, 0) is 16.1 Å². The van der Waals surface area contributed by atoms with Crippen LogP contribution < -0.4 is 5.32 Å². The van der Waals surface area contributed by atoms with Gasteiger partial charge in [-0.15, -0.1) is 5.10 Å². The number of aromatic nitrogens is 4. The quantitative estimate of drug-likeness (QED) is 0.502. The van der Waals surface area contributed by atoms with Gasteiger partial charge in [0.1, 0.15) is 5.82 Å². The lowest BCUT2D eigenvalue weighted by Crippen LogP contribution is -2.50. The van der Waals surface area contributed by atoms with E-state index in [4.69, 9.17) is 0 Å². The normalized spacial score (nSPS) is 14.3. The van der Waals surface area contributed by atoms with E-state index in [-0.39, 0.29) is 29.9 Å². The molecule has 0 spiro atoms. The lowest BCUT2D eigenvalue weighted by atomic mass is 10.2. The standard InChI is InChI=1S/C22H24FN7O2S/c23-18-6-8-19(9-7-18)24-20(31)15-28-10-12-29(13-11-28)21(32)16-33-22-25-26-27-30(22)14-17-4-2-1-3-5-17/h1-9H,10-16H2,(H,24,31). The van der Waals surface area contributed by atoms with Crippen LogP contribution in [0.3, 0.4) is 0 Å². The zero-order chi connectivity index (χ0) is 23.0. The third kappa shape index (κ3) is 6.59. The minimum Gasteiger partial charge on any atom is -0.339 e. The van der Waals surface area contributed by atoms with Crippen molar-refractivity contribution in [1.29, 1.82) is 0 Å². The number of piperazine rings is 1.